The van der Waals surface area contributed by atoms with Gasteiger partial charge in [-0.3, -0.25) is 14.7 Å². The summed E-state index contributed by atoms with van der Waals surface area (Å²) in [5.41, 5.74) is -1.18. The van der Waals surface area contributed by atoms with Gasteiger partial charge in [-0.1, -0.05) is 29.3 Å². The Bertz CT molecular complexity index is 1500. The Morgan fingerprint density at radius 2 is 2.31 bits per heavy atom. The summed E-state index contributed by atoms with van der Waals surface area (Å²) >= 11 is 11.9. The van der Waals surface area contributed by atoms with Crippen LogP contribution in [0.15, 0.2) is 29.3 Å². The van der Waals surface area contributed by atoms with E-state index in [1.165, 1.54) is 0 Å². The van der Waals surface area contributed by atoms with E-state index in [0.29, 0.717) is 20.2 Å². The van der Waals surface area contributed by atoms with Crippen LogP contribution in [0.1, 0.15) is 27.6 Å². The number of benzene rings is 1. The number of imidazole rings is 1. The van der Waals surface area contributed by atoms with Gasteiger partial charge in [0.1, 0.15) is 0 Å². The molecule has 0 radical (unpaired) electrons. The normalized spacial score (nSPS) is 32.0. The van der Waals surface area contributed by atoms with Gasteiger partial charge in [-0.05, 0) is 24.6 Å². The summed E-state index contributed by atoms with van der Waals surface area (Å²) in [7, 11) is 0. The van der Waals surface area contributed by atoms with Gasteiger partial charge in [-0.2, -0.15) is 4.98 Å². The van der Waals surface area contributed by atoms with Crippen molar-refractivity contribution in [3.63, 3.8) is 0 Å². The Balaban J connectivity index is 1.75. The maximum absolute atomic E-state index is 13.0. The van der Waals surface area contributed by atoms with Crippen molar-refractivity contribution in [3.05, 3.63) is 50.5 Å². The van der Waals surface area contributed by atoms with Crippen molar-refractivity contribution >= 4 is 40.3 Å². The van der Waals surface area contributed by atoms with Crippen LogP contribution in [0.4, 0.5) is 5.95 Å². The smallest absolute Gasteiger partial charge is 0.278 e. The highest BCUT2D eigenvalue weighted by Gasteiger charge is 2.17. The minimum absolute atomic E-state index is 0.0728. The number of nitrogens with zero attached hydrogens (tertiary/aromatic N) is 4. The van der Waals surface area contributed by atoms with E-state index in [1.54, 1.807) is 18.2 Å². The fourth-order valence-electron chi connectivity index (χ4n) is 2.45. The summed E-state index contributed by atoms with van der Waals surface area (Å²) in [5.74, 6) is -0.0728. The molecule has 154 valence electrons. The first-order valence-corrected chi connectivity index (χ1v) is 9.00. The van der Waals surface area contributed by atoms with Crippen LogP contribution in [0, 0.1) is 0 Å². The Morgan fingerprint density at radius 3 is 3.14 bits per heavy atom. The van der Waals surface area contributed by atoms with E-state index in [9.17, 15) is 4.79 Å². The van der Waals surface area contributed by atoms with Gasteiger partial charge in [0, 0.05) is 40.8 Å². The predicted octanol–water partition coefficient (Wildman–Crippen LogP) is 2.76. The lowest BCUT2D eigenvalue weighted by atomic mass is 10.2. The van der Waals surface area contributed by atoms with Gasteiger partial charge in [0.25, 0.3) is 5.56 Å². The van der Waals surface area contributed by atoms with Gasteiger partial charge in [0.05, 0.1) is 35.9 Å². The van der Waals surface area contributed by atoms with Gasteiger partial charge in [-0.25, -0.2) is 4.98 Å². The molecule has 2 N–H and O–H groups in total. The van der Waals surface area contributed by atoms with E-state index in [0.717, 1.165) is 13.3 Å². The largest absolute Gasteiger partial charge is 0.376 e. The second kappa shape index (κ2) is 8.71. The zero-order valence-corrected chi connectivity index (χ0v) is 16.4. The average Bonchev–Trinajstić information content (AvgIpc) is 3.23. The van der Waals surface area contributed by atoms with E-state index in [4.69, 9.17) is 43.0 Å². The fourth-order valence-corrected chi connectivity index (χ4v) is 2.77. The van der Waals surface area contributed by atoms with Crippen LogP contribution in [-0.4, -0.2) is 56.5 Å². The number of rotatable bonds is 6. The number of anilines is 1. The molecule has 4 rings (SSSR count). The van der Waals surface area contributed by atoms with Gasteiger partial charge in [0.2, 0.25) is 5.95 Å². The van der Waals surface area contributed by atoms with Crippen LogP contribution in [0.25, 0.3) is 11.2 Å². The number of aryl methyl sites for hydroxylation is 1. The minimum atomic E-state index is -3.75. The second-order valence-corrected chi connectivity index (χ2v) is 6.66. The van der Waals surface area contributed by atoms with Crippen LogP contribution < -0.4 is 10.9 Å². The summed E-state index contributed by atoms with van der Waals surface area (Å²) in [6.07, 6.45) is -2.15. The van der Waals surface area contributed by atoms with Gasteiger partial charge < -0.3 is 14.6 Å². The Labute approximate surface area is 193 Å². The van der Waals surface area contributed by atoms with E-state index in [2.05, 4.69) is 20.3 Å². The third kappa shape index (κ3) is 4.72. The predicted molar refractivity (Wildman–Crippen MR) is 114 cm³/mol. The number of H-pyrrole nitrogens is 1. The molecule has 1 unspecified atom stereocenters. The highest BCUT2D eigenvalue weighted by Crippen LogP contribution is 2.22. The second-order valence-electron chi connectivity index (χ2n) is 5.85. The quantitative estimate of drug-likeness (QED) is 0.603. The van der Waals surface area contributed by atoms with Crippen LogP contribution in [0.3, 0.4) is 0 Å². The zero-order valence-electron chi connectivity index (χ0n) is 25.9. The molecule has 0 amide bonds. The molecule has 10 heteroatoms. The molecule has 3 aromatic rings. The third-order valence-electron chi connectivity index (χ3n) is 3.77. The molecule has 29 heavy (non-hydrogen) atoms. The van der Waals surface area contributed by atoms with Crippen molar-refractivity contribution in [2.24, 2.45) is 0 Å². The number of nitrogens with one attached hydrogen (secondary N) is 2. The summed E-state index contributed by atoms with van der Waals surface area (Å²) in [6.45, 7) is -16.8. The van der Waals surface area contributed by atoms with E-state index < -0.39 is 49.7 Å². The molecular weight excluding hydrogens is 415 g/mol. The van der Waals surface area contributed by atoms with Crippen LogP contribution >= 0.6 is 23.2 Å². The summed E-state index contributed by atoms with van der Waals surface area (Å²) in [4.78, 5) is 23.0. The first kappa shape index (κ1) is 10.8. The SMILES string of the molecule is [2H]C1([2H])OC([2H])(C)C([2H])([2H])N(C([2H])([2H])C([2H])([2H])n2cnc3nc(NCc4ccc(Cl)c(Cl)c4)[nH]c(=O)c32)C1([2H])[2H]. The third-order valence-corrected chi connectivity index (χ3v) is 4.51. The number of hydrogen-bond acceptors (Lipinski definition) is 6. The molecule has 1 aromatic carbocycles. The highest BCUT2D eigenvalue weighted by atomic mass is 35.5. The number of ether oxygens (including phenoxy) is 1. The molecule has 0 saturated carbocycles. The highest BCUT2D eigenvalue weighted by molar-refractivity contribution is 6.42. The summed E-state index contributed by atoms with van der Waals surface area (Å²) in [6, 6.07) is 4.84. The minimum Gasteiger partial charge on any atom is -0.376 e. The molecule has 0 aliphatic carbocycles. The molecule has 8 nitrogen and oxygen atoms in total. The first-order valence-electron chi connectivity index (χ1n) is 13.7. The number of aromatic nitrogens is 4. The molecular formula is C19H22Cl2N6O2. The summed E-state index contributed by atoms with van der Waals surface area (Å²) < 4.78 is 96.3. The van der Waals surface area contributed by atoms with Crippen LogP contribution in [0.2, 0.25) is 10.0 Å². The van der Waals surface area contributed by atoms with Gasteiger partial charge >= 0.3 is 0 Å². The Kier molecular flexibility index (Phi) is 3.23. The van der Waals surface area contributed by atoms with Crippen molar-refractivity contribution in [2.75, 3.05) is 31.4 Å². The van der Waals surface area contributed by atoms with Crippen molar-refractivity contribution in [1.82, 2.24) is 24.4 Å². The van der Waals surface area contributed by atoms with Gasteiger partial charge in [0.15, 0.2) is 11.2 Å². The lowest BCUT2D eigenvalue weighted by molar-refractivity contribution is -0.0190. The molecule has 0 bridgehead atoms. The maximum atomic E-state index is 13.0. The van der Waals surface area contributed by atoms with Gasteiger partial charge in [-0.15, -0.1) is 0 Å². The molecule has 2 aromatic heterocycles. The molecule has 0 spiro atoms. The topological polar surface area (TPSA) is 88.1 Å². The number of morpholine rings is 1. The number of aromatic amines is 1. The van der Waals surface area contributed by atoms with Crippen molar-refractivity contribution < 1.29 is 19.8 Å². The Hall–Kier alpha value is -2.13. The molecule has 1 saturated heterocycles. The molecule has 1 fully saturated rings. The maximum Gasteiger partial charge on any atom is 0.278 e. The fraction of sp³-hybridized carbons (Fsp3) is 0.421. The van der Waals surface area contributed by atoms with E-state index >= 15 is 0 Å². The number of hydrogen-bond donors (Lipinski definition) is 2. The first-order chi connectivity index (χ1) is 18.1. The molecule has 1 aliphatic rings. The number of fused-ring (bicyclic) bond motifs is 1. The average molecular weight is 448 g/mol. The van der Waals surface area contributed by atoms with E-state index in [-0.39, 0.29) is 23.0 Å². The zero-order chi connectivity index (χ0) is 30.3. The van der Waals surface area contributed by atoms with Crippen LogP contribution in [-0.2, 0) is 17.8 Å². The Morgan fingerprint density at radius 1 is 1.45 bits per heavy atom. The lowest BCUT2D eigenvalue weighted by Crippen LogP contribution is -2.42. The van der Waals surface area contributed by atoms with E-state index in [1.807, 2.05) is 0 Å². The molecule has 3 heterocycles. The van der Waals surface area contributed by atoms with Crippen LogP contribution in [0.5, 0.6) is 0 Å². The lowest BCUT2D eigenvalue weighted by Gasteiger charge is -2.31. The number of halogens is 2. The molecule has 1 aliphatic heterocycles. The molecule has 1 atom stereocenters. The monoisotopic (exact) mass is 447 g/mol. The van der Waals surface area contributed by atoms with Crippen molar-refractivity contribution in [2.45, 2.75) is 26.0 Å². The van der Waals surface area contributed by atoms with Crippen molar-refractivity contribution in [3.8, 4) is 0 Å². The standard InChI is InChI=1S/C19H22Cl2N6O2/c1-12-10-26(6-7-29-12)4-5-27-11-23-17-16(27)18(28)25-19(24-17)22-9-13-2-3-14(20)15(21)8-13/h2-3,8,11-12H,4-7,9-10H2,1H3,(H2,22,24,25,28)/i4D2,5D2,6D2,7D2,10D2,12D. The van der Waals surface area contributed by atoms with Crippen molar-refractivity contribution in [1.29, 1.82) is 0 Å². The summed E-state index contributed by atoms with van der Waals surface area (Å²) in [5, 5.41) is 3.49.